The molecule has 0 radical (unpaired) electrons. The molecule has 3 N–H and O–H groups in total. The summed E-state index contributed by atoms with van der Waals surface area (Å²) < 4.78 is 13.2. The number of nitrogens with one attached hydrogen (secondary N) is 1. The number of nitriles is 1. The Hall–Kier alpha value is -2.25. The van der Waals surface area contributed by atoms with Gasteiger partial charge in [-0.1, -0.05) is 11.6 Å². The van der Waals surface area contributed by atoms with E-state index >= 15 is 0 Å². The zero-order chi connectivity index (χ0) is 14.0. The maximum atomic E-state index is 13.2. The molecule has 0 saturated carbocycles. The van der Waals surface area contributed by atoms with Crippen molar-refractivity contribution in [2.45, 2.75) is 6.92 Å². The van der Waals surface area contributed by atoms with Crippen molar-refractivity contribution in [3.63, 3.8) is 0 Å². The van der Waals surface area contributed by atoms with Gasteiger partial charge in [0.05, 0.1) is 16.3 Å². The average Bonchev–Trinajstić information content (AvgIpc) is 2.38. The average molecular weight is 276 g/mol. The summed E-state index contributed by atoms with van der Waals surface area (Å²) in [5.74, 6) is -0.542. The lowest BCUT2D eigenvalue weighted by atomic mass is 10.1. The van der Waals surface area contributed by atoms with Crippen LogP contribution in [0.5, 0.6) is 0 Å². The molecule has 2 aromatic rings. The maximum absolute atomic E-state index is 13.2. The van der Waals surface area contributed by atoms with Gasteiger partial charge < -0.3 is 11.1 Å². The summed E-state index contributed by atoms with van der Waals surface area (Å²) in [5, 5.41) is 12.3. The predicted octanol–water partition coefficient (Wildman–Crippen LogP) is 3.99. The van der Waals surface area contributed by atoms with Crippen molar-refractivity contribution in [1.29, 1.82) is 5.26 Å². The van der Waals surface area contributed by atoms with Crippen LogP contribution in [0.15, 0.2) is 30.3 Å². The highest BCUT2D eigenvalue weighted by Gasteiger charge is 2.06. The third-order valence-electron chi connectivity index (χ3n) is 2.71. The van der Waals surface area contributed by atoms with Gasteiger partial charge in [0, 0.05) is 11.4 Å². The molecule has 19 heavy (non-hydrogen) atoms. The van der Waals surface area contributed by atoms with Crippen LogP contribution >= 0.6 is 11.6 Å². The second kappa shape index (κ2) is 5.17. The summed E-state index contributed by atoms with van der Waals surface area (Å²) in [6.45, 7) is 1.88. The van der Waals surface area contributed by atoms with Gasteiger partial charge in [-0.3, -0.25) is 0 Å². The lowest BCUT2D eigenvalue weighted by molar-refractivity contribution is 0.624. The first-order chi connectivity index (χ1) is 9.01. The molecule has 0 aromatic heterocycles. The van der Waals surface area contributed by atoms with Crippen LogP contribution in [0.2, 0.25) is 5.02 Å². The number of nitrogens with zero attached hydrogens (tertiary/aromatic N) is 1. The second-order valence-electron chi connectivity index (χ2n) is 4.12. The molecular formula is C14H11ClFN3. The largest absolute Gasteiger partial charge is 0.398 e. The van der Waals surface area contributed by atoms with E-state index in [1.54, 1.807) is 24.3 Å². The summed E-state index contributed by atoms with van der Waals surface area (Å²) in [6, 6.07) is 9.49. The molecule has 0 spiro atoms. The fraction of sp³-hybridized carbons (Fsp3) is 0.0714. The fourth-order valence-electron chi connectivity index (χ4n) is 1.68. The smallest absolute Gasteiger partial charge is 0.141 e. The van der Waals surface area contributed by atoms with Gasteiger partial charge in [0.15, 0.2) is 0 Å². The highest BCUT2D eigenvalue weighted by atomic mass is 35.5. The van der Waals surface area contributed by atoms with Gasteiger partial charge in [0.2, 0.25) is 0 Å². The highest BCUT2D eigenvalue weighted by molar-refractivity contribution is 6.33. The molecule has 0 aliphatic heterocycles. The summed E-state index contributed by atoms with van der Waals surface area (Å²) in [5.41, 5.74) is 8.47. The van der Waals surface area contributed by atoms with Gasteiger partial charge in [0.25, 0.3) is 0 Å². The van der Waals surface area contributed by atoms with Crippen LogP contribution in [-0.4, -0.2) is 0 Å². The topological polar surface area (TPSA) is 61.8 Å². The molecule has 0 aliphatic rings. The number of anilines is 3. The first-order valence-electron chi connectivity index (χ1n) is 5.53. The number of nitrogen functional groups attached to an aromatic ring is 1. The number of nitrogens with two attached hydrogens (primary N) is 1. The van der Waals surface area contributed by atoms with E-state index in [9.17, 15) is 4.39 Å². The monoisotopic (exact) mass is 275 g/mol. The van der Waals surface area contributed by atoms with E-state index < -0.39 is 5.82 Å². The van der Waals surface area contributed by atoms with Crippen LogP contribution < -0.4 is 11.1 Å². The number of aryl methyl sites for hydroxylation is 1. The lowest BCUT2D eigenvalue weighted by Crippen LogP contribution is -1.97. The van der Waals surface area contributed by atoms with E-state index in [0.717, 1.165) is 11.3 Å². The Kier molecular flexibility index (Phi) is 3.59. The quantitative estimate of drug-likeness (QED) is 0.815. The molecule has 0 fully saturated rings. The molecule has 0 bridgehead atoms. The van der Waals surface area contributed by atoms with Gasteiger partial charge in [0.1, 0.15) is 11.9 Å². The molecule has 5 heteroatoms. The lowest BCUT2D eigenvalue weighted by Gasteiger charge is -2.11. The number of hydrogen-bond acceptors (Lipinski definition) is 3. The van der Waals surface area contributed by atoms with E-state index in [1.165, 1.54) is 12.1 Å². The standard InChI is InChI=1S/C14H11ClFN3/c1-8-4-13(18)11(15)6-14(8)19-10-2-3-12(16)9(5-10)7-17/h2-6,19H,18H2,1H3. The van der Waals surface area contributed by atoms with Crippen molar-refractivity contribution in [2.75, 3.05) is 11.1 Å². The SMILES string of the molecule is Cc1cc(N)c(Cl)cc1Nc1ccc(F)c(C#N)c1. The summed E-state index contributed by atoms with van der Waals surface area (Å²) in [6.07, 6.45) is 0. The van der Waals surface area contributed by atoms with E-state index in [0.29, 0.717) is 16.4 Å². The Morgan fingerprint density at radius 2 is 2.05 bits per heavy atom. The van der Waals surface area contributed by atoms with Gasteiger partial charge in [-0.25, -0.2) is 4.39 Å². The Balaban J connectivity index is 2.37. The zero-order valence-corrected chi connectivity index (χ0v) is 10.9. The minimum Gasteiger partial charge on any atom is -0.398 e. The fourth-order valence-corrected chi connectivity index (χ4v) is 1.85. The molecule has 0 unspecified atom stereocenters. The van der Waals surface area contributed by atoms with Crippen LogP contribution in [0.1, 0.15) is 11.1 Å². The van der Waals surface area contributed by atoms with E-state index in [4.69, 9.17) is 22.6 Å². The molecule has 2 aromatic carbocycles. The zero-order valence-electron chi connectivity index (χ0n) is 10.2. The van der Waals surface area contributed by atoms with E-state index in [2.05, 4.69) is 5.32 Å². The minimum absolute atomic E-state index is 0.0100. The number of hydrogen-bond donors (Lipinski definition) is 2. The molecule has 0 atom stereocenters. The van der Waals surface area contributed by atoms with Crippen molar-refractivity contribution in [3.05, 3.63) is 52.3 Å². The predicted molar refractivity (Wildman–Crippen MR) is 75.0 cm³/mol. The van der Waals surface area contributed by atoms with Crippen LogP contribution in [-0.2, 0) is 0 Å². The second-order valence-corrected chi connectivity index (χ2v) is 4.53. The highest BCUT2D eigenvalue weighted by Crippen LogP contribution is 2.29. The van der Waals surface area contributed by atoms with Gasteiger partial charge in [-0.05, 0) is 42.8 Å². The molecule has 2 rings (SSSR count). The molecule has 0 amide bonds. The van der Waals surface area contributed by atoms with E-state index in [-0.39, 0.29) is 5.56 Å². The normalized spacial score (nSPS) is 10.0. The summed E-state index contributed by atoms with van der Waals surface area (Å²) in [7, 11) is 0. The van der Waals surface area contributed by atoms with Crippen LogP contribution in [0.4, 0.5) is 21.5 Å². The molecule has 96 valence electrons. The van der Waals surface area contributed by atoms with Gasteiger partial charge >= 0.3 is 0 Å². The Morgan fingerprint density at radius 1 is 1.32 bits per heavy atom. The van der Waals surface area contributed by atoms with Crippen LogP contribution in [0, 0.1) is 24.1 Å². The first-order valence-corrected chi connectivity index (χ1v) is 5.91. The van der Waals surface area contributed by atoms with Crippen LogP contribution in [0.25, 0.3) is 0 Å². The van der Waals surface area contributed by atoms with Gasteiger partial charge in [-0.2, -0.15) is 5.26 Å². The Morgan fingerprint density at radius 3 is 2.74 bits per heavy atom. The molecule has 0 saturated heterocycles. The van der Waals surface area contributed by atoms with E-state index in [1.807, 2.05) is 6.92 Å². The third kappa shape index (κ3) is 2.78. The number of halogens is 2. The van der Waals surface area contributed by atoms with Crippen molar-refractivity contribution in [3.8, 4) is 6.07 Å². The molecular weight excluding hydrogens is 265 g/mol. The van der Waals surface area contributed by atoms with Crippen molar-refractivity contribution < 1.29 is 4.39 Å². The van der Waals surface area contributed by atoms with Crippen molar-refractivity contribution in [2.24, 2.45) is 0 Å². The number of benzene rings is 2. The molecule has 3 nitrogen and oxygen atoms in total. The Labute approximate surface area is 115 Å². The maximum Gasteiger partial charge on any atom is 0.141 e. The van der Waals surface area contributed by atoms with Crippen LogP contribution in [0.3, 0.4) is 0 Å². The Bertz CT molecular complexity index is 677. The van der Waals surface area contributed by atoms with Crippen molar-refractivity contribution in [1.82, 2.24) is 0 Å². The summed E-state index contributed by atoms with van der Waals surface area (Å²) >= 11 is 5.96. The third-order valence-corrected chi connectivity index (χ3v) is 3.04. The minimum atomic E-state index is -0.542. The van der Waals surface area contributed by atoms with Crippen molar-refractivity contribution >= 4 is 28.7 Å². The van der Waals surface area contributed by atoms with Gasteiger partial charge in [-0.15, -0.1) is 0 Å². The first kappa shape index (κ1) is 13.2. The molecule has 0 heterocycles. The molecule has 0 aliphatic carbocycles. The summed E-state index contributed by atoms with van der Waals surface area (Å²) in [4.78, 5) is 0. The number of rotatable bonds is 2.